The Morgan fingerprint density at radius 1 is 1.12 bits per heavy atom. The highest BCUT2D eigenvalue weighted by Crippen LogP contribution is 2.33. The number of carbonyl (C=O) groups excluding carboxylic acids is 1. The van der Waals surface area contributed by atoms with Gasteiger partial charge in [-0.1, -0.05) is 57.2 Å². The predicted octanol–water partition coefficient (Wildman–Crippen LogP) is 3.75. The van der Waals surface area contributed by atoms with Crippen molar-refractivity contribution in [2.75, 3.05) is 26.3 Å². The Kier molecular flexibility index (Phi) is 5.44. The van der Waals surface area contributed by atoms with Gasteiger partial charge < -0.3 is 9.84 Å². The van der Waals surface area contributed by atoms with Gasteiger partial charge in [0.15, 0.2) is 5.78 Å². The zero-order valence-corrected chi connectivity index (χ0v) is 15.8. The molecule has 2 aromatic rings. The second-order valence-electron chi connectivity index (χ2n) is 7.87. The molecule has 1 saturated heterocycles. The van der Waals surface area contributed by atoms with Gasteiger partial charge in [0.2, 0.25) is 0 Å². The number of hydrogen-bond donors (Lipinski definition) is 1. The van der Waals surface area contributed by atoms with E-state index in [4.69, 9.17) is 4.74 Å². The van der Waals surface area contributed by atoms with Crippen LogP contribution in [0.15, 0.2) is 42.5 Å². The van der Waals surface area contributed by atoms with Gasteiger partial charge in [-0.15, -0.1) is 0 Å². The zero-order chi connectivity index (χ0) is 18.7. The van der Waals surface area contributed by atoms with Crippen LogP contribution in [0.1, 0.15) is 47.8 Å². The van der Waals surface area contributed by atoms with Gasteiger partial charge >= 0.3 is 0 Å². The fraction of sp³-hybridized carbons (Fsp3) is 0.409. The summed E-state index contributed by atoms with van der Waals surface area (Å²) in [7, 11) is 0. The molecule has 1 aliphatic heterocycles. The van der Waals surface area contributed by atoms with E-state index in [-0.39, 0.29) is 16.9 Å². The summed E-state index contributed by atoms with van der Waals surface area (Å²) in [5, 5.41) is 10.9. The Bertz CT molecular complexity index is 772. The Morgan fingerprint density at radius 3 is 2.38 bits per heavy atom. The van der Waals surface area contributed by atoms with Crippen molar-refractivity contribution in [3.05, 3.63) is 64.7 Å². The minimum absolute atomic E-state index is 0.0957. The standard InChI is InChI=1S/C22H27NO3/c1-22(2,3)18-13-17(15-23-9-11-26-12-10-23)21(25)19(14-18)20(24)16-7-5-4-6-8-16/h4-8,13-14,25H,9-12,15H2,1-3H3. The molecule has 26 heavy (non-hydrogen) atoms. The molecule has 0 aliphatic carbocycles. The largest absolute Gasteiger partial charge is 0.507 e. The Labute approximate surface area is 155 Å². The highest BCUT2D eigenvalue weighted by molar-refractivity contribution is 6.11. The Balaban J connectivity index is 2.02. The molecular weight excluding hydrogens is 326 g/mol. The lowest BCUT2D eigenvalue weighted by atomic mass is 9.83. The Hall–Kier alpha value is -2.17. The molecule has 3 rings (SSSR count). The first kappa shape index (κ1) is 18.6. The first-order chi connectivity index (χ1) is 12.4. The lowest BCUT2D eigenvalue weighted by Crippen LogP contribution is -2.35. The van der Waals surface area contributed by atoms with E-state index in [1.165, 1.54) is 0 Å². The van der Waals surface area contributed by atoms with Crippen molar-refractivity contribution in [1.82, 2.24) is 4.90 Å². The van der Waals surface area contributed by atoms with Crippen LogP contribution in [0, 0.1) is 0 Å². The van der Waals surface area contributed by atoms with E-state index in [1.807, 2.05) is 30.3 Å². The zero-order valence-electron chi connectivity index (χ0n) is 15.8. The molecule has 0 bridgehead atoms. The van der Waals surface area contributed by atoms with Crippen molar-refractivity contribution in [1.29, 1.82) is 0 Å². The van der Waals surface area contributed by atoms with Crippen LogP contribution in [0.2, 0.25) is 0 Å². The van der Waals surface area contributed by atoms with E-state index in [0.29, 0.717) is 30.9 Å². The van der Waals surface area contributed by atoms with Gasteiger partial charge in [-0.2, -0.15) is 0 Å². The summed E-state index contributed by atoms with van der Waals surface area (Å²) in [6, 6.07) is 13.0. The van der Waals surface area contributed by atoms with Crippen molar-refractivity contribution in [3.63, 3.8) is 0 Å². The van der Waals surface area contributed by atoms with Crippen LogP contribution < -0.4 is 0 Å². The van der Waals surface area contributed by atoms with Gasteiger partial charge in [0.25, 0.3) is 0 Å². The van der Waals surface area contributed by atoms with Crippen molar-refractivity contribution in [3.8, 4) is 5.75 Å². The van der Waals surface area contributed by atoms with E-state index < -0.39 is 0 Å². The number of ketones is 1. The van der Waals surface area contributed by atoms with Crippen LogP contribution in [0.3, 0.4) is 0 Å². The van der Waals surface area contributed by atoms with Crippen LogP contribution in [-0.2, 0) is 16.7 Å². The number of benzene rings is 2. The number of carbonyl (C=O) groups is 1. The minimum Gasteiger partial charge on any atom is -0.507 e. The maximum atomic E-state index is 13.0. The fourth-order valence-corrected chi connectivity index (χ4v) is 3.17. The molecule has 0 aromatic heterocycles. The molecule has 0 radical (unpaired) electrons. The summed E-state index contributed by atoms with van der Waals surface area (Å²) in [6.45, 7) is 10.1. The summed E-state index contributed by atoms with van der Waals surface area (Å²) in [6.07, 6.45) is 0. The first-order valence-corrected chi connectivity index (χ1v) is 9.12. The number of hydrogen-bond acceptors (Lipinski definition) is 4. The lowest BCUT2D eigenvalue weighted by molar-refractivity contribution is 0.0338. The summed E-state index contributed by atoms with van der Waals surface area (Å²) in [5.41, 5.74) is 2.72. The highest BCUT2D eigenvalue weighted by atomic mass is 16.5. The third-order valence-electron chi connectivity index (χ3n) is 4.83. The normalized spacial score (nSPS) is 15.8. The minimum atomic E-state index is -0.141. The molecule has 1 fully saturated rings. The van der Waals surface area contributed by atoms with E-state index in [2.05, 4.69) is 25.7 Å². The third kappa shape index (κ3) is 4.14. The van der Waals surface area contributed by atoms with Crippen LogP contribution in [-0.4, -0.2) is 42.1 Å². The quantitative estimate of drug-likeness (QED) is 0.851. The first-order valence-electron chi connectivity index (χ1n) is 9.12. The summed E-state index contributed by atoms with van der Waals surface area (Å²) >= 11 is 0. The SMILES string of the molecule is CC(C)(C)c1cc(CN2CCOCC2)c(O)c(C(=O)c2ccccc2)c1. The smallest absolute Gasteiger partial charge is 0.196 e. The molecule has 0 unspecified atom stereocenters. The van der Waals surface area contributed by atoms with E-state index in [9.17, 15) is 9.90 Å². The second-order valence-corrected chi connectivity index (χ2v) is 7.87. The van der Waals surface area contributed by atoms with Gasteiger partial charge in [0, 0.05) is 30.8 Å². The average Bonchev–Trinajstić information content (AvgIpc) is 2.63. The predicted molar refractivity (Wildman–Crippen MR) is 103 cm³/mol. The average molecular weight is 353 g/mol. The lowest BCUT2D eigenvalue weighted by Gasteiger charge is -2.28. The molecule has 2 aromatic carbocycles. The number of nitrogens with zero attached hydrogens (tertiary/aromatic N) is 1. The highest BCUT2D eigenvalue weighted by Gasteiger charge is 2.24. The molecule has 4 heteroatoms. The number of aromatic hydroxyl groups is 1. The molecule has 0 amide bonds. The van der Waals surface area contributed by atoms with Gasteiger partial charge in [0.05, 0.1) is 18.8 Å². The molecule has 1 aliphatic rings. The van der Waals surface area contributed by atoms with Crippen molar-refractivity contribution < 1.29 is 14.6 Å². The summed E-state index contributed by atoms with van der Waals surface area (Å²) in [4.78, 5) is 15.2. The monoisotopic (exact) mass is 353 g/mol. The molecule has 0 atom stereocenters. The number of phenols is 1. The van der Waals surface area contributed by atoms with Crippen LogP contribution in [0.25, 0.3) is 0 Å². The summed E-state index contributed by atoms with van der Waals surface area (Å²) < 4.78 is 5.41. The maximum absolute atomic E-state index is 13.0. The van der Waals surface area contributed by atoms with Gasteiger partial charge in [-0.25, -0.2) is 0 Å². The Morgan fingerprint density at radius 2 is 1.77 bits per heavy atom. The molecule has 1 heterocycles. The third-order valence-corrected chi connectivity index (χ3v) is 4.83. The second kappa shape index (κ2) is 7.60. The molecule has 4 nitrogen and oxygen atoms in total. The number of phenolic OH excluding ortho intramolecular Hbond substituents is 1. The van der Waals surface area contributed by atoms with E-state index in [0.717, 1.165) is 24.2 Å². The van der Waals surface area contributed by atoms with Crippen molar-refractivity contribution in [2.24, 2.45) is 0 Å². The molecular formula is C22H27NO3. The molecule has 0 saturated carbocycles. The van der Waals surface area contributed by atoms with Crippen molar-refractivity contribution >= 4 is 5.78 Å². The van der Waals surface area contributed by atoms with Crippen molar-refractivity contribution in [2.45, 2.75) is 32.7 Å². The fourth-order valence-electron chi connectivity index (χ4n) is 3.17. The number of ether oxygens (including phenoxy) is 1. The van der Waals surface area contributed by atoms with Crippen LogP contribution >= 0.6 is 0 Å². The molecule has 1 N–H and O–H groups in total. The van der Waals surface area contributed by atoms with Crippen LogP contribution in [0.5, 0.6) is 5.75 Å². The molecule has 0 spiro atoms. The summed E-state index contributed by atoms with van der Waals surface area (Å²) in [5.74, 6) is -0.0456. The van der Waals surface area contributed by atoms with Gasteiger partial charge in [-0.3, -0.25) is 9.69 Å². The van der Waals surface area contributed by atoms with Gasteiger partial charge in [0.1, 0.15) is 5.75 Å². The maximum Gasteiger partial charge on any atom is 0.196 e. The van der Waals surface area contributed by atoms with Crippen LogP contribution in [0.4, 0.5) is 0 Å². The molecule has 138 valence electrons. The number of morpholine rings is 1. The van der Waals surface area contributed by atoms with E-state index in [1.54, 1.807) is 12.1 Å². The topological polar surface area (TPSA) is 49.8 Å². The number of rotatable bonds is 4. The van der Waals surface area contributed by atoms with E-state index >= 15 is 0 Å². The van der Waals surface area contributed by atoms with Gasteiger partial charge in [-0.05, 0) is 17.0 Å².